The van der Waals surface area contributed by atoms with Crippen molar-refractivity contribution in [2.45, 2.75) is 6.54 Å². The SMILES string of the molecule is Cn1cccc1CNC(=O)c1cc(Cl)c(Cl)c([N+](=O)[O-])c1. The van der Waals surface area contributed by atoms with Gasteiger partial charge in [0.15, 0.2) is 0 Å². The first kappa shape index (κ1) is 15.3. The van der Waals surface area contributed by atoms with Crippen LogP contribution in [0.25, 0.3) is 0 Å². The highest BCUT2D eigenvalue weighted by molar-refractivity contribution is 6.43. The lowest BCUT2D eigenvalue weighted by molar-refractivity contribution is -0.384. The van der Waals surface area contributed by atoms with E-state index in [0.29, 0.717) is 6.54 Å². The fraction of sp³-hybridized carbons (Fsp3) is 0.154. The number of aryl methyl sites for hydroxylation is 1. The number of hydrogen-bond donors (Lipinski definition) is 1. The van der Waals surface area contributed by atoms with E-state index in [9.17, 15) is 14.9 Å². The lowest BCUT2D eigenvalue weighted by Gasteiger charge is -2.07. The Morgan fingerprint density at radius 2 is 2.14 bits per heavy atom. The minimum Gasteiger partial charge on any atom is -0.353 e. The number of hydrogen-bond acceptors (Lipinski definition) is 3. The molecule has 8 heteroatoms. The lowest BCUT2D eigenvalue weighted by atomic mass is 10.2. The molecule has 0 bridgehead atoms. The highest BCUT2D eigenvalue weighted by Gasteiger charge is 2.20. The highest BCUT2D eigenvalue weighted by atomic mass is 35.5. The predicted octanol–water partition coefficient (Wildman–Crippen LogP) is 3.17. The van der Waals surface area contributed by atoms with Gasteiger partial charge in [0, 0.05) is 30.6 Å². The first-order valence-electron chi connectivity index (χ1n) is 5.92. The summed E-state index contributed by atoms with van der Waals surface area (Å²) in [6, 6.07) is 6.12. The van der Waals surface area contributed by atoms with E-state index in [1.807, 2.05) is 29.9 Å². The van der Waals surface area contributed by atoms with Gasteiger partial charge in [0.1, 0.15) is 5.02 Å². The molecule has 2 aromatic rings. The van der Waals surface area contributed by atoms with Crippen LogP contribution in [-0.2, 0) is 13.6 Å². The van der Waals surface area contributed by atoms with E-state index in [-0.39, 0.29) is 15.6 Å². The molecule has 1 aromatic carbocycles. The molecule has 0 saturated carbocycles. The van der Waals surface area contributed by atoms with Gasteiger partial charge in [0.2, 0.25) is 0 Å². The maximum atomic E-state index is 12.0. The molecule has 0 aliphatic heterocycles. The number of nitrogens with one attached hydrogen (secondary N) is 1. The minimum atomic E-state index is -0.678. The van der Waals surface area contributed by atoms with Gasteiger partial charge in [-0.3, -0.25) is 14.9 Å². The summed E-state index contributed by atoms with van der Waals surface area (Å²) in [6.45, 7) is 0.302. The number of amides is 1. The van der Waals surface area contributed by atoms with E-state index in [2.05, 4.69) is 5.32 Å². The number of halogens is 2. The van der Waals surface area contributed by atoms with Crippen molar-refractivity contribution in [2.75, 3.05) is 0 Å². The quantitative estimate of drug-likeness (QED) is 0.692. The second kappa shape index (κ2) is 6.15. The van der Waals surface area contributed by atoms with E-state index in [1.165, 1.54) is 6.07 Å². The summed E-state index contributed by atoms with van der Waals surface area (Å²) >= 11 is 11.5. The molecule has 1 amide bonds. The van der Waals surface area contributed by atoms with E-state index in [1.54, 1.807) is 0 Å². The molecule has 0 unspecified atom stereocenters. The van der Waals surface area contributed by atoms with Crippen molar-refractivity contribution in [3.63, 3.8) is 0 Å². The van der Waals surface area contributed by atoms with E-state index in [4.69, 9.17) is 23.2 Å². The second-order valence-corrected chi connectivity index (χ2v) is 5.13. The van der Waals surface area contributed by atoms with E-state index < -0.39 is 16.5 Å². The molecule has 0 saturated heterocycles. The number of carbonyl (C=O) groups is 1. The van der Waals surface area contributed by atoms with Gasteiger partial charge in [0.25, 0.3) is 11.6 Å². The number of nitrogens with zero attached hydrogens (tertiary/aromatic N) is 2. The molecule has 1 N–H and O–H groups in total. The summed E-state index contributed by atoms with van der Waals surface area (Å²) in [5, 5.41) is 13.3. The Kier molecular flexibility index (Phi) is 4.50. The van der Waals surface area contributed by atoms with Crippen LogP contribution in [0.5, 0.6) is 0 Å². The van der Waals surface area contributed by atoms with Gasteiger partial charge in [0.05, 0.1) is 16.5 Å². The van der Waals surface area contributed by atoms with Gasteiger partial charge >= 0.3 is 0 Å². The first-order valence-corrected chi connectivity index (χ1v) is 6.67. The topological polar surface area (TPSA) is 77.2 Å². The first-order chi connectivity index (χ1) is 9.90. The summed E-state index contributed by atoms with van der Waals surface area (Å²) in [5.41, 5.74) is 0.594. The van der Waals surface area contributed by atoms with Crippen LogP contribution in [0.15, 0.2) is 30.5 Å². The van der Waals surface area contributed by atoms with Crippen LogP contribution in [0.3, 0.4) is 0 Å². The van der Waals surface area contributed by atoms with E-state index in [0.717, 1.165) is 11.8 Å². The van der Waals surface area contributed by atoms with Crippen LogP contribution in [0.4, 0.5) is 5.69 Å². The molecule has 6 nitrogen and oxygen atoms in total. The van der Waals surface area contributed by atoms with Crippen molar-refractivity contribution in [1.29, 1.82) is 0 Å². The predicted molar refractivity (Wildman–Crippen MR) is 79.7 cm³/mol. The van der Waals surface area contributed by atoms with Crippen LogP contribution in [0.2, 0.25) is 10.0 Å². The maximum Gasteiger partial charge on any atom is 0.290 e. The number of nitro benzene ring substituents is 1. The molecular weight excluding hydrogens is 317 g/mol. The zero-order valence-corrected chi connectivity index (χ0v) is 12.5. The average molecular weight is 328 g/mol. The molecule has 2 rings (SSSR count). The van der Waals surface area contributed by atoms with Crippen molar-refractivity contribution < 1.29 is 9.72 Å². The van der Waals surface area contributed by atoms with Gasteiger partial charge in [-0.15, -0.1) is 0 Å². The normalized spacial score (nSPS) is 10.4. The van der Waals surface area contributed by atoms with Gasteiger partial charge in [-0.25, -0.2) is 0 Å². The summed E-state index contributed by atoms with van der Waals surface area (Å²) < 4.78 is 1.86. The molecule has 1 aromatic heterocycles. The molecule has 1 heterocycles. The number of rotatable bonds is 4. The molecule has 0 fully saturated rings. The summed E-state index contributed by atoms with van der Waals surface area (Å²) in [5.74, 6) is -0.460. The average Bonchev–Trinajstić information content (AvgIpc) is 2.84. The van der Waals surface area contributed by atoms with Crippen LogP contribution in [-0.4, -0.2) is 15.4 Å². The third-order valence-corrected chi connectivity index (χ3v) is 3.74. The third-order valence-electron chi connectivity index (χ3n) is 2.95. The molecule has 21 heavy (non-hydrogen) atoms. The highest BCUT2D eigenvalue weighted by Crippen LogP contribution is 2.33. The molecule has 110 valence electrons. The Balaban J connectivity index is 2.20. The Labute approximate surface area is 130 Å². The minimum absolute atomic E-state index is 0.0325. The number of nitro groups is 1. The number of benzene rings is 1. The zero-order chi connectivity index (χ0) is 15.6. The largest absolute Gasteiger partial charge is 0.353 e. The summed E-state index contributed by atoms with van der Waals surface area (Å²) in [7, 11) is 1.85. The van der Waals surface area contributed by atoms with Crippen LogP contribution in [0, 0.1) is 10.1 Å². The Hall–Kier alpha value is -2.05. The van der Waals surface area contributed by atoms with Crippen molar-refractivity contribution in [2.24, 2.45) is 7.05 Å². The second-order valence-electron chi connectivity index (χ2n) is 4.34. The lowest BCUT2D eigenvalue weighted by Crippen LogP contribution is -2.24. The molecule has 0 aliphatic carbocycles. The fourth-order valence-electron chi connectivity index (χ4n) is 1.79. The molecule has 0 spiro atoms. The van der Waals surface area contributed by atoms with Gasteiger partial charge < -0.3 is 9.88 Å². The molecule has 0 aliphatic rings. The van der Waals surface area contributed by atoms with Crippen molar-refractivity contribution >= 4 is 34.8 Å². The van der Waals surface area contributed by atoms with Crippen molar-refractivity contribution in [3.05, 3.63) is 61.9 Å². The zero-order valence-electron chi connectivity index (χ0n) is 11.0. The number of aromatic nitrogens is 1. The summed E-state index contributed by atoms with van der Waals surface area (Å²) in [6.07, 6.45) is 1.85. The fourth-order valence-corrected chi connectivity index (χ4v) is 2.18. The maximum absolute atomic E-state index is 12.0. The van der Waals surface area contributed by atoms with Gasteiger partial charge in [-0.2, -0.15) is 0 Å². The third kappa shape index (κ3) is 3.34. The standard InChI is InChI=1S/C13H11Cl2N3O3/c1-17-4-2-3-9(17)7-16-13(19)8-5-10(14)12(15)11(6-8)18(20)21/h2-6H,7H2,1H3,(H,16,19). The van der Waals surface area contributed by atoms with Gasteiger partial charge in [-0.05, 0) is 18.2 Å². The molecule has 0 radical (unpaired) electrons. The molecular formula is C13H11Cl2N3O3. The van der Waals surface area contributed by atoms with Crippen LogP contribution in [0.1, 0.15) is 16.1 Å². The van der Waals surface area contributed by atoms with E-state index >= 15 is 0 Å². The van der Waals surface area contributed by atoms with Crippen molar-refractivity contribution in [3.8, 4) is 0 Å². The number of carbonyl (C=O) groups excluding carboxylic acids is 1. The summed E-state index contributed by atoms with van der Waals surface area (Å²) in [4.78, 5) is 22.2. The van der Waals surface area contributed by atoms with Crippen LogP contribution < -0.4 is 5.32 Å². The van der Waals surface area contributed by atoms with Gasteiger partial charge in [-0.1, -0.05) is 23.2 Å². The Bertz CT molecular complexity index is 713. The van der Waals surface area contributed by atoms with Crippen molar-refractivity contribution in [1.82, 2.24) is 9.88 Å². The Morgan fingerprint density at radius 3 is 2.71 bits per heavy atom. The molecule has 0 atom stereocenters. The Morgan fingerprint density at radius 1 is 1.43 bits per heavy atom. The van der Waals surface area contributed by atoms with Crippen LogP contribution >= 0.6 is 23.2 Å². The monoisotopic (exact) mass is 327 g/mol. The smallest absolute Gasteiger partial charge is 0.290 e.